The van der Waals surface area contributed by atoms with E-state index in [1.807, 2.05) is 0 Å². The van der Waals surface area contributed by atoms with Gasteiger partial charge in [0.2, 0.25) is 0 Å². The average molecular weight is 277 g/mol. The van der Waals surface area contributed by atoms with Crippen molar-refractivity contribution >= 4 is 0 Å². The minimum absolute atomic E-state index is 0.283. The van der Waals surface area contributed by atoms with Gasteiger partial charge in [-0.1, -0.05) is 57.6 Å². The van der Waals surface area contributed by atoms with Crippen molar-refractivity contribution in [1.82, 2.24) is 0 Å². The van der Waals surface area contributed by atoms with Crippen molar-refractivity contribution in [3.05, 3.63) is 19.1 Å². The molecule has 0 aliphatic carbocycles. The molecule has 0 nitrogen and oxygen atoms in total. The van der Waals surface area contributed by atoms with E-state index in [2.05, 4.69) is 19.1 Å². The van der Waals surface area contributed by atoms with Crippen LogP contribution in [0.15, 0.2) is 12.2 Å². The van der Waals surface area contributed by atoms with Gasteiger partial charge in [-0.15, -0.1) is 0 Å². The highest BCUT2D eigenvalue weighted by Crippen LogP contribution is 2.23. The van der Waals surface area contributed by atoms with Gasteiger partial charge in [0.25, 0.3) is 0 Å². The molecule has 19 heavy (non-hydrogen) atoms. The number of allylic oxidation sites excluding steroid dienone is 2. The Morgan fingerprint density at radius 3 is 1.68 bits per heavy atom. The summed E-state index contributed by atoms with van der Waals surface area (Å²) in [6.45, 7) is 3.81. The molecule has 0 saturated heterocycles. The van der Waals surface area contributed by atoms with Crippen molar-refractivity contribution < 1.29 is 13.2 Å². The molecule has 0 bridgehead atoms. The summed E-state index contributed by atoms with van der Waals surface area (Å²) in [5.41, 5.74) is 0. The highest BCUT2D eigenvalue weighted by atomic mass is 19.4. The molecule has 0 unspecified atom stereocenters. The second-order valence-corrected chi connectivity index (χ2v) is 5.10. The molecule has 0 aromatic heterocycles. The van der Waals surface area contributed by atoms with Crippen LogP contribution in [0.25, 0.3) is 0 Å². The van der Waals surface area contributed by atoms with Gasteiger partial charge < -0.3 is 0 Å². The van der Waals surface area contributed by atoms with Crippen LogP contribution in [0.5, 0.6) is 0 Å². The normalized spacial score (nSPS) is 12.4. The lowest BCUT2D eigenvalue weighted by atomic mass is 10.1. The van der Waals surface area contributed by atoms with E-state index >= 15 is 0 Å². The standard InChI is InChI=1S/C16H28F3/c1-2-3-4-5-6-7-8-9-10-11-12-13-14-15-16(17,18)19/h7-8H,1-6,9-15H2. The molecular weight excluding hydrogens is 249 g/mol. The highest BCUT2D eigenvalue weighted by Gasteiger charge is 2.25. The molecule has 1 radical (unpaired) electrons. The number of hydrogen-bond donors (Lipinski definition) is 0. The fourth-order valence-corrected chi connectivity index (χ4v) is 1.97. The molecule has 0 N–H and O–H groups in total. The van der Waals surface area contributed by atoms with E-state index in [-0.39, 0.29) is 6.42 Å². The second kappa shape index (κ2) is 12.6. The molecule has 113 valence electrons. The Morgan fingerprint density at radius 2 is 1.16 bits per heavy atom. The lowest BCUT2D eigenvalue weighted by molar-refractivity contribution is -0.135. The van der Waals surface area contributed by atoms with Crippen LogP contribution < -0.4 is 0 Å². The third-order valence-corrected chi connectivity index (χ3v) is 3.12. The summed E-state index contributed by atoms with van der Waals surface area (Å²) in [5, 5.41) is 0. The molecule has 0 aromatic carbocycles. The Hall–Kier alpha value is -0.470. The Bertz CT molecular complexity index is 207. The maximum Gasteiger partial charge on any atom is 0.389 e. The molecule has 0 amide bonds. The van der Waals surface area contributed by atoms with E-state index in [0.29, 0.717) is 6.42 Å². The van der Waals surface area contributed by atoms with Gasteiger partial charge in [-0.05, 0) is 32.1 Å². The van der Waals surface area contributed by atoms with Crippen LogP contribution >= 0.6 is 0 Å². The van der Waals surface area contributed by atoms with Crippen molar-refractivity contribution in [1.29, 1.82) is 0 Å². The topological polar surface area (TPSA) is 0 Å². The van der Waals surface area contributed by atoms with Gasteiger partial charge in [-0.2, -0.15) is 13.2 Å². The summed E-state index contributed by atoms with van der Waals surface area (Å²) < 4.78 is 35.6. The summed E-state index contributed by atoms with van der Waals surface area (Å²) in [7, 11) is 0. The average Bonchev–Trinajstić information content (AvgIpc) is 2.34. The number of rotatable bonds is 12. The SMILES string of the molecule is [CH2]CCCCCC=CCCCCCCCC(F)(F)F. The van der Waals surface area contributed by atoms with Gasteiger partial charge in [-0.3, -0.25) is 0 Å². The minimum atomic E-state index is -3.98. The molecule has 0 heterocycles. The Labute approximate surface area is 116 Å². The molecular formula is C16H28F3. The van der Waals surface area contributed by atoms with E-state index in [1.165, 1.54) is 19.3 Å². The van der Waals surface area contributed by atoms with Crippen LogP contribution in [-0.2, 0) is 0 Å². The third kappa shape index (κ3) is 17.5. The van der Waals surface area contributed by atoms with Crippen molar-refractivity contribution in [2.75, 3.05) is 0 Å². The molecule has 0 spiro atoms. The molecule has 0 saturated carbocycles. The van der Waals surface area contributed by atoms with Crippen molar-refractivity contribution in [2.45, 2.75) is 83.2 Å². The van der Waals surface area contributed by atoms with Gasteiger partial charge in [-0.25, -0.2) is 0 Å². The van der Waals surface area contributed by atoms with Crippen LogP contribution in [0.1, 0.15) is 77.0 Å². The van der Waals surface area contributed by atoms with Crippen LogP contribution in [0.3, 0.4) is 0 Å². The van der Waals surface area contributed by atoms with Gasteiger partial charge in [0.1, 0.15) is 0 Å². The fraction of sp³-hybridized carbons (Fsp3) is 0.812. The van der Waals surface area contributed by atoms with Crippen molar-refractivity contribution in [2.24, 2.45) is 0 Å². The number of unbranched alkanes of at least 4 members (excludes halogenated alkanes) is 9. The number of alkyl halides is 3. The van der Waals surface area contributed by atoms with Gasteiger partial charge in [0, 0.05) is 6.42 Å². The van der Waals surface area contributed by atoms with Gasteiger partial charge in [0.15, 0.2) is 0 Å². The Balaban J connectivity index is 3.12. The monoisotopic (exact) mass is 277 g/mol. The fourth-order valence-electron chi connectivity index (χ4n) is 1.97. The van der Waals surface area contributed by atoms with Crippen molar-refractivity contribution in [3.8, 4) is 0 Å². The Morgan fingerprint density at radius 1 is 0.684 bits per heavy atom. The van der Waals surface area contributed by atoms with Crippen LogP contribution in [-0.4, -0.2) is 6.18 Å². The summed E-state index contributed by atoms with van der Waals surface area (Å²) in [6, 6.07) is 0. The predicted octanol–water partition coefficient (Wildman–Crippen LogP) is 6.62. The zero-order chi connectivity index (χ0) is 14.4. The smallest absolute Gasteiger partial charge is 0.171 e. The zero-order valence-electron chi connectivity index (χ0n) is 12.0. The summed E-state index contributed by atoms with van der Waals surface area (Å²) in [4.78, 5) is 0. The summed E-state index contributed by atoms with van der Waals surface area (Å²) in [6.07, 6.45) is 10.8. The molecule has 3 heteroatoms. The number of hydrogen-bond acceptors (Lipinski definition) is 0. The molecule has 0 aromatic rings. The first kappa shape index (κ1) is 18.5. The summed E-state index contributed by atoms with van der Waals surface area (Å²) in [5.74, 6) is 0. The van der Waals surface area contributed by atoms with Crippen LogP contribution in [0, 0.1) is 6.92 Å². The quantitative estimate of drug-likeness (QED) is 0.278. The van der Waals surface area contributed by atoms with E-state index in [9.17, 15) is 13.2 Å². The van der Waals surface area contributed by atoms with E-state index < -0.39 is 12.6 Å². The first-order valence-electron chi connectivity index (χ1n) is 7.57. The van der Waals surface area contributed by atoms with Gasteiger partial charge >= 0.3 is 6.18 Å². The molecule has 0 rings (SSSR count). The van der Waals surface area contributed by atoms with E-state index in [0.717, 1.165) is 38.5 Å². The largest absolute Gasteiger partial charge is 0.389 e. The first-order valence-corrected chi connectivity index (χ1v) is 7.57. The lowest BCUT2D eigenvalue weighted by Gasteiger charge is -2.05. The second-order valence-electron chi connectivity index (χ2n) is 5.10. The molecule has 0 aliphatic heterocycles. The minimum Gasteiger partial charge on any atom is -0.171 e. The van der Waals surface area contributed by atoms with E-state index in [4.69, 9.17) is 0 Å². The Kier molecular flexibility index (Phi) is 12.2. The number of halogens is 3. The molecule has 0 fully saturated rings. The third-order valence-electron chi connectivity index (χ3n) is 3.12. The van der Waals surface area contributed by atoms with Crippen LogP contribution in [0.2, 0.25) is 0 Å². The first-order chi connectivity index (χ1) is 9.06. The molecule has 0 aliphatic rings. The maximum absolute atomic E-state index is 11.9. The zero-order valence-corrected chi connectivity index (χ0v) is 12.0. The van der Waals surface area contributed by atoms with Crippen LogP contribution in [0.4, 0.5) is 13.2 Å². The van der Waals surface area contributed by atoms with Crippen molar-refractivity contribution in [3.63, 3.8) is 0 Å². The summed E-state index contributed by atoms with van der Waals surface area (Å²) >= 11 is 0. The molecule has 0 atom stereocenters. The predicted molar refractivity (Wildman–Crippen MR) is 76.0 cm³/mol. The van der Waals surface area contributed by atoms with Gasteiger partial charge in [0.05, 0.1) is 0 Å². The maximum atomic E-state index is 11.9. The van der Waals surface area contributed by atoms with E-state index in [1.54, 1.807) is 0 Å². The lowest BCUT2D eigenvalue weighted by Crippen LogP contribution is -2.06. The highest BCUT2D eigenvalue weighted by molar-refractivity contribution is 4.81.